The van der Waals surface area contributed by atoms with Gasteiger partial charge in [-0.25, -0.2) is 4.39 Å². The van der Waals surface area contributed by atoms with E-state index < -0.39 is 6.17 Å². The van der Waals surface area contributed by atoms with Crippen LogP contribution in [-0.2, 0) is 0 Å². The molecule has 0 bridgehead atoms. The van der Waals surface area contributed by atoms with E-state index >= 15 is 0 Å². The average molecular weight is 353 g/mol. The first-order chi connectivity index (χ1) is 12.1. The Kier molecular flexibility index (Phi) is 3.81. The van der Waals surface area contributed by atoms with E-state index in [9.17, 15) is 9.18 Å². The number of alkyl halides is 1. The molecule has 0 radical (unpaired) electrons. The molecule has 25 heavy (non-hydrogen) atoms. The molecule has 1 atom stereocenters. The van der Waals surface area contributed by atoms with Crippen LogP contribution in [0.3, 0.4) is 0 Å². The number of aromatic amines is 1. The second-order valence-corrected chi connectivity index (χ2v) is 6.84. The van der Waals surface area contributed by atoms with Crippen LogP contribution in [0.2, 0.25) is 0 Å². The molecule has 1 unspecified atom stereocenters. The van der Waals surface area contributed by atoms with Gasteiger partial charge in [-0.2, -0.15) is 0 Å². The maximum absolute atomic E-state index is 13.8. The van der Waals surface area contributed by atoms with Gasteiger partial charge in [0.25, 0.3) is 5.56 Å². The number of hydrogen-bond acceptors (Lipinski definition) is 3. The number of H-pyrrole nitrogens is 1. The summed E-state index contributed by atoms with van der Waals surface area (Å²) < 4.78 is 20.1. The highest BCUT2D eigenvalue weighted by Crippen LogP contribution is 2.40. The number of fused-ring (bicyclic) bond motifs is 3. The highest BCUT2D eigenvalue weighted by Gasteiger charge is 2.17. The Morgan fingerprint density at radius 1 is 1.20 bits per heavy atom. The minimum atomic E-state index is -1.05. The van der Waals surface area contributed by atoms with Crippen LogP contribution in [0.5, 0.6) is 5.75 Å². The molecule has 0 spiro atoms. The molecule has 2 aromatic carbocycles. The van der Waals surface area contributed by atoms with E-state index in [4.69, 9.17) is 4.74 Å². The van der Waals surface area contributed by atoms with E-state index in [1.807, 2.05) is 41.8 Å². The molecular weight excluding hydrogens is 337 g/mol. The number of rotatable bonds is 3. The zero-order valence-electron chi connectivity index (χ0n) is 13.8. The summed E-state index contributed by atoms with van der Waals surface area (Å²) in [7, 11) is 1.61. The molecule has 0 saturated heterocycles. The first kappa shape index (κ1) is 15.8. The van der Waals surface area contributed by atoms with Gasteiger partial charge in [0.05, 0.1) is 7.11 Å². The van der Waals surface area contributed by atoms with Crippen LogP contribution < -0.4 is 10.3 Å². The lowest BCUT2D eigenvalue weighted by Crippen LogP contribution is -2.05. The summed E-state index contributed by atoms with van der Waals surface area (Å²) in [5.74, 6) is 0.690. The van der Waals surface area contributed by atoms with Crippen molar-refractivity contribution >= 4 is 32.3 Å². The molecule has 2 aromatic heterocycles. The third-order valence-electron chi connectivity index (χ3n) is 4.41. The third kappa shape index (κ3) is 2.51. The lowest BCUT2D eigenvalue weighted by molar-refractivity contribution is 0.374. The van der Waals surface area contributed by atoms with E-state index in [1.165, 1.54) is 18.3 Å². The molecule has 0 fully saturated rings. The first-order valence-electron chi connectivity index (χ1n) is 7.94. The average Bonchev–Trinajstić information content (AvgIpc) is 3.11. The standard InChI is InChI=1S/C20H16FNO2S/c1-11(21)12-4-3-5-13(10-12)17-16(24-2)7-6-15-18(17)14-8-9-25-19(14)20(23)22-15/h3-11H,1-2H3,(H,22,23). The normalized spacial score (nSPS) is 12.6. The van der Waals surface area contributed by atoms with Crippen LogP contribution in [0.1, 0.15) is 18.7 Å². The summed E-state index contributed by atoms with van der Waals surface area (Å²) in [6.07, 6.45) is -1.05. The molecule has 2 heterocycles. The maximum Gasteiger partial charge on any atom is 0.266 e. The van der Waals surface area contributed by atoms with Gasteiger partial charge < -0.3 is 9.72 Å². The Balaban J connectivity index is 2.16. The van der Waals surface area contributed by atoms with Crippen molar-refractivity contribution in [2.24, 2.45) is 0 Å². The zero-order valence-corrected chi connectivity index (χ0v) is 14.6. The Bertz CT molecular complexity index is 1140. The predicted molar refractivity (Wildman–Crippen MR) is 101 cm³/mol. The minimum Gasteiger partial charge on any atom is -0.496 e. The lowest BCUT2D eigenvalue weighted by Gasteiger charge is -2.14. The van der Waals surface area contributed by atoms with Gasteiger partial charge in [-0.3, -0.25) is 4.79 Å². The molecule has 5 heteroatoms. The number of methoxy groups -OCH3 is 1. The van der Waals surface area contributed by atoms with E-state index in [2.05, 4.69) is 4.98 Å². The van der Waals surface area contributed by atoms with E-state index in [0.717, 1.165) is 27.4 Å². The highest BCUT2D eigenvalue weighted by atomic mass is 32.1. The molecule has 1 N–H and O–H groups in total. The zero-order chi connectivity index (χ0) is 17.6. The Morgan fingerprint density at radius 2 is 2.04 bits per heavy atom. The fraction of sp³-hybridized carbons (Fsp3) is 0.150. The molecule has 4 rings (SSSR count). The van der Waals surface area contributed by atoms with E-state index in [1.54, 1.807) is 13.2 Å². The molecule has 0 saturated carbocycles. The molecule has 0 amide bonds. The second-order valence-electron chi connectivity index (χ2n) is 5.92. The van der Waals surface area contributed by atoms with Gasteiger partial charge in [-0.05, 0) is 47.7 Å². The van der Waals surface area contributed by atoms with Crippen molar-refractivity contribution in [2.75, 3.05) is 7.11 Å². The molecule has 126 valence electrons. The Morgan fingerprint density at radius 3 is 2.80 bits per heavy atom. The number of nitrogens with one attached hydrogen (secondary N) is 1. The van der Waals surface area contributed by atoms with Crippen molar-refractivity contribution in [1.82, 2.24) is 4.98 Å². The third-order valence-corrected chi connectivity index (χ3v) is 5.32. The predicted octanol–water partition coefficient (Wildman–Crippen LogP) is 5.45. The van der Waals surface area contributed by atoms with Gasteiger partial charge >= 0.3 is 0 Å². The van der Waals surface area contributed by atoms with Gasteiger partial charge in [-0.1, -0.05) is 18.2 Å². The van der Waals surface area contributed by atoms with Crippen molar-refractivity contribution in [3.05, 3.63) is 63.8 Å². The Hall–Kier alpha value is -2.66. The quantitative estimate of drug-likeness (QED) is 0.532. The van der Waals surface area contributed by atoms with Crippen LogP contribution in [0.4, 0.5) is 4.39 Å². The van der Waals surface area contributed by atoms with Crippen LogP contribution in [0, 0.1) is 0 Å². The maximum atomic E-state index is 13.8. The van der Waals surface area contributed by atoms with E-state index in [-0.39, 0.29) is 5.56 Å². The number of hydrogen-bond donors (Lipinski definition) is 1. The molecule has 0 aliphatic heterocycles. The van der Waals surface area contributed by atoms with Crippen molar-refractivity contribution < 1.29 is 9.13 Å². The summed E-state index contributed by atoms with van der Waals surface area (Å²) in [6.45, 7) is 1.52. The second kappa shape index (κ2) is 6.01. The van der Waals surface area contributed by atoms with Crippen LogP contribution in [-0.4, -0.2) is 12.1 Å². The van der Waals surface area contributed by atoms with Gasteiger partial charge in [0, 0.05) is 21.9 Å². The molecular formula is C20H16FNO2S. The summed E-state index contributed by atoms with van der Waals surface area (Å²) in [5, 5.41) is 3.71. The van der Waals surface area contributed by atoms with Crippen LogP contribution in [0.25, 0.3) is 32.1 Å². The number of benzene rings is 2. The summed E-state index contributed by atoms with van der Waals surface area (Å²) in [6, 6.07) is 13.0. The van der Waals surface area contributed by atoms with Gasteiger partial charge in [0.2, 0.25) is 0 Å². The number of halogens is 1. The van der Waals surface area contributed by atoms with Gasteiger partial charge in [0.15, 0.2) is 0 Å². The summed E-state index contributed by atoms with van der Waals surface area (Å²) in [4.78, 5) is 15.2. The monoisotopic (exact) mass is 353 g/mol. The first-order valence-corrected chi connectivity index (χ1v) is 8.82. The fourth-order valence-corrected chi connectivity index (χ4v) is 4.02. The summed E-state index contributed by atoms with van der Waals surface area (Å²) >= 11 is 1.41. The van der Waals surface area contributed by atoms with Crippen molar-refractivity contribution in [1.29, 1.82) is 0 Å². The van der Waals surface area contributed by atoms with Gasteiger partial charge in [0.1, 0.15) is 16.6 Å². The van der Waals surface area contributed by atoms with Crippen molar-refractivity contribution in [3.63, 3.8) is 0 Å². The van der Waals surface area contributed by atoms with Crippen LogP contribution >= 0.6 is 11.3 Å². The number of aromatic nitrogens is 1. The Labute approximate surface area is 147 Å². The van der Waals surface area contributed by atoms with Gasteiger partial charge in [-0.15, -0.1) is 11.3 Å². The summed E-state index contributed by atoms with van der Waals surface area (Å²) in [5.41, 5.74) is 2.99. The SMILES string of the molecule is COc1ccc2[nH]c(=O)c3sccc3c2c1-c1cccc(C(C)F)c1. The number of ether oxygens (including phenoxy) is 1. The van der Waals surface area contributed by atoms with Crippen LogP contribution in [0.15, 0.2) is 52.6 Å². The minimum absolute atomic E-state index is 0.0975. The molecule has 3 nitrogen and oxygen atoms in total. The molecule has 0 aliphatic carbocycles. The molecule has 0 aliphatic rings. The lowest BCUT2D eigenvalue weighted by atomic mass is 9.95. The fourth-order valence-electron chi connectivity index (χ4n) is 3.23. The van der Waals surface area contributed by atoms with Crippen molar-refractivity contribution in [3.8, 4) is 16.9 Å². The smallest absolute Gasteiger partial charge is 0.266 e. The van der Waals surface area contributed by atoms with E-state index in [0.29, 0.717) is 16.0 Å². The van der Waals surface area contributed by atoms with Crippen molar-refractivity contribution in [2.45, 2.75) is 13.1 Å². The molecule has 4 aromatic rings. The topological polar surface area (TPSA) is 42.1 Å². The number of pyridine rings is 1. The largest absolute Gasteiger partial charge is 0.496 e. The number of thiophene rings is 1. The highest BCUT2D eigenvalue weighted by molar-refractivity contribution is 7.17.